The van der Waals surface area contributed by atoms with Crippen molar-refractivity contribution in [2.24, 2.45) is 0 Å². The number of hydrogen-bond acceptors (Lipinski definition) is 2. The summed E-state index contributed by atoms with van der Waals surface area (Å²) in [6, 6.07) is 9.37. The zero-order chi connectivity index (χ0) is 17.4. The van der Waals surface area contributed by atoms with Gasteiger partial charge in [-0.2, -0.15) is 0 Å². The molecule has 5 heteroatoms. The summed E-state index contributed by atoms with van der Waals surface area (Å²) < 4.78 is 0. The standard InChI is InChI=1S/C19H26N2O3/c1-19(12-6-3-7-13-19)21-18(24)20-16(10-11-17(22)23)14-15-8-4-2-5-9-15/h2-6,8-9,16H,7,10-14H2,1H3,(H,22,23)(H2,20,21,24). The van der Waals surface area contributed by atoms with Crippen molar-refractivity contribution in [1.29, 1.82) is 0 Å². The number of carboxylic acids is 1. The Hall–Kier alpha value is -2.30. The Labute approximate surface area is 143 Å². The maximum Gasteiger partial charge on any atom is 0.315 e. The molecule has 2 atom stereocenters. The molecule has 24 heavy (non-hydrogen) atoms. The first kappa shape index (κ1) is 18.0. The molecule has 0 aromatic heterocycles. The molecule has 1 aromatic rings. The van der Waals surface area contributed by atoms with Crippen LogP contribution in [0.25, 0.3) is 0 Å². The molecule has 0 fully saturated rings. The summed E-state index contributed by atoms with van der Waals surface area (Å²) >= 11 is 0. The quantitative estimate of drug-likeness (QED) is 0.672. The van der Waals surface area contributed by atoms with Crippen LogP contribution in [-0.2, 0) is 11.2 Å². The third kappa shape index (κ3) is 6.07. The van der Waals surface area contributed by atoms with Crippen molar-refractivity contribution in [3.05, 3.63) is 48.0 Å². The van der Waals surface area contributed by atoms with Crippen LogP contribution in [0.4, 0.5) is 4.79 Å². The van der Waals surface area contributed by atoms with Gasteiger partial charge in [-0.25, -0.2) is 4.79 Å². The fourth-order valence-electron chi connectivity index (χ4n) is 3.00. The van der Waals surface area contributed by atoms with Crippen molar-refractivity contribution in [2.45, 2.75) is 57.0 Å². The molecule has 2 unspecified atom stereocenters. The lowest BCUT2D eigenvalue weighted by molar-refractivity contribution is -0.137. The molecule has 1 aliphatic rings. The van der Waals surface area contributed by atoms with E-state index < -0.39 is 5.97 Å². The molecule has 0 saturated carbocycles. The summed E-state index contributed by atoms with van der Waals surface area (Å²) in [7, 11) is 0. The molecular formula is C19H26N2O3. The van der Waals surface area contributed by atoms with Gasteiger partial charge < -0.3 is 15.7 Å². The third-order valence-electron chi connectivity index (χ3n) is 4.38. The first-order valence-corrected chi connectivity index (χ1v) is 8.46. The Morgan fingerprint density at radius 1 is 1.25 bits per heavy atom. The number of rotatable bonds is 7. The van der Waals surface area contributed by atoms with E-state index in [0.29, 0.717) is 12.8 Å². The maximum absolute atomic E-state index is 12.4. The molecule has 1 aromatic carbocycles. The van der Waals surface area contributed by atoms with Crippen LogP contribution in [0.2, 0.25) is 0 Å². The van der Waals surface area contributed by atoms with Gasteiger partial charge in [0, 0.05) is 18.0 Å². The fraction of sp³-hybridized carbons (Fsp3) is 0.474. The first-order chi connectivity index (χ1) is 11.5. The van der Waals surface area contributed by atoms with E-state index in [9.17, 15) is 9.59 Å². The van der Waals surface area contributed by atoms with Gasteiger partial charge in [-0.15, -0.1) is 0 Å². The molecule has 0 radical (unpaired) electrons. The Bertz CT molecular complexity index is 586. The van der Waals surface area contributed by atoms with Crippen LogP contribution in [0.5, 0.6) is 0 Å². The lowest BCUT2D eigenvalue weighted by atomic mass is 9.88. The van der Waals surface area contributed by atoms with Crippen molar-refractivity contribution in [1.82, 2.24) is 10.6 Å². The summed E-state index contributed by atoms with van der Waals surface area (Å²) in [4.78, 5) is 23.2. The number of carbonyl (C=O) groups excluding carboxylic acids is 1. The van der Waals surface area contributed by atoms with Crippen LogP contribution in [-0.4, -0.2) is 28.7 Å². The van der Waals surface area contributed by atoms with E-state index in [0.717, 1.165) is 24.8 Å². The smallest absolute Gasteiger partial charge is 0.315 e. The zero-order valence-corrected chi connectivity index (χ0v) is 14.1. The van der Waals surface area contributed by atoms with E-state index in [1.165, 1.54) is 0 Å². The van der Waals surface area contributed by atoms with Crippen LogP contribution in [0.3, 0.4) is 0 Å². The van der Waals surface area contributed by atoms with Crippen LogP contribution in [0, 0.1) is 0 Å². The van der Waals surface area contributed by atoms with Gasteiger partial charge >= 0.3 is 12.0 Å². The predicted octanol–water partition coefficient (Wildman–Crippen LogP) is 3.26. The number of hydrogen-bond donors (Lipinski definition) is 3. The molecule has 2 amide bonds. The van der Waals surface area contributed by atoms with Crippen molar-refractivity contribution in [2.75, 3.05) is 0 Å². The molecule has 0 spiro atoms. The number of urea groups is 1. The number of carbonyl (C=O) groups is 2. The number of nitrogens with one attached hydrogen (secondary N) is 2. The van der Waals surface area contributed by atoms with Gasteiger partial charge in [-0.3, -0.25) is 4.79 Å². The number of carboxylic acid groups (broad SMARTS) is 1. The molecule has 1 aliphatic carbocycles. The van der Waals surface area contributed by atoms with Crippen molar-refractivity contribution < 1.29 is 14.7 Å². The molecule has 3 N–H and O–H groups in total. The highest BCUT2D eigenvalue weighted by Gasteiger charge is 2.27. The average molecular weight is 330 g/mol. The highest BCUT2D eigenvalue weighted by molar-refractivity contribution is 5.75. The van der Waals surface area contributed by atoms with E-state index in [-0.39, 0.29) is 24.0 Å². The van der Waals surface area contributed by atoms with Gasteiger partial charge in [0.15, 0.2) is 0 Å². The van der Waals surface area contributed by atoms with Gasteiger partial charge in [0.25, 0.3) is 0 Å². The summed E-state index contributed by atoms with van der Waals surface area (Å²) in [6.07, 6.45) is 7.99. The number of benzene rings is 1. The molecule has 2 rings (SSSR count). The summed E-state index contributed by atoms with van der Waals surface area (Å²) in [5, 5.41) is 14.9. The Morgan fingerprint density at radius 3 is 2.62 bits per heavy atom. The minimum Gasteiger partial charge on any atom is -0.481 e. The lowest BCUT2D eigenvalue weighted by Gasteiger charge is -2.32. The normalized spacial score (nSPS) is 21.0. The second-order valence-corrected chi connectivity index (χ2v) is 6.69. The van der Waals surface area contributed by atoms with E-state index in [2.05, 4.69) is 22.8 Å². The largest absolute Gasteiger partial charge is 0.481 e. The SMILES string of the molecule is CC1(NC(=O)NC(CCC(=O)O)Cc2ccccc2)CC=CCC1. The topological polar surface area (TPSA) is 78.4 Å². The third-order valence-corrected chi connectivity index (χ3v) is 4.38. The van der Waals surface area contributed by atoms with Crippen molar-refractivity contribution >= 4 is 12.0 Å². The summed E-state index contributed by atoms with van der Waals surface area (Å²) in [5.41, 5.74) is 0.850. The highest BCUT2D eigenvalue weighted by atomic mass is 16.4. The van der Waals surface area contributed by atoms with Crippen LogP contribution in [0.1, 0.15) is 44.6 Å². The molecule has 0 saturated heterocycles. The van der Waals surface area contributed by atoms with E-state index in [1.807, 2.05) is 37.3 Å². The average Bonchev–Trinajstić information content (AvgIpc) is 2.53. The summed E-state index contributed by atoms with van der Waals surface area (Å²) in [6.45, 7) is 2.04. The van der Waals surface area contributed by atoms with Crippen molar-refractivity contribution in [3.8, 4) is 0 Å². The number of allylic oxidation sites excluding steroid dienone is 1. The Balaban J connectivity index is 1.94. The van der Waals surface area contributed by atoms with Gasteiger partial charge in [0.1, 0.15) is 0 Å². The molecule has 0 aliphatic heterocycles. The van der Waals surface area contributed by atoms with Crippen LogP contribution in [0.15, 0.2) is 42.5 Å². The van der Waals surface area contributed by atoms with E-state index in [1.54, 1.807) is 0 Å². The molecular weight excluding hydrogens is 304 g/mol. The zero-order valence-electron chi connectivity index (χ0n) is 14.1. The monoisotopic (exact) mass is 330 g/mol. The Kier molecular flexibility index (Phi) is 6.41. The molecule has 130 valence electrons. The van der Waals surface area contributed by atoms with Gasteiger partial charge in [0.05, 0.1) is 0 Å². The maximum atomic E-state index is 12.4. The minimum absolute atomic E-state index is 0.0395. The number of aliphatic carboxylic acids is 1. The second kappa shape index (κ2) is 8.52. The minimum atomic E-state index is -0.848. The van der Waals surface area contributed by atoms with Gasteiger partial charge in [-0.1, -0.05) is 42.5 Å². The molecule has 0 bridgehead atoms. The summed E-state index contributed by atoms with van der Waals surface area (Å²) in [5.74, 6) is -0.848. The van der Waals surface area contributed by atoms with Crippen LogP contribution >= 0.6 is 0 Å². The fourth-order valence-corrected chi connectivity index (χ4v) is 3.00. The number of amides is 2. The second-order valence-electron chi connectivity index (χ2n) is 6.69. The first-order valence-electron chi connectivity index (χ1n) is 8.46. The van der Waals surface area contributed by atoms with E-state index >= 15 is 0 Å². The van der Waals surface area contributed by atoms with Crippen LogP contribution < -0.4 is 10.6 Å². The lowest BCUT2D eigenvalue weighted by Crippen LogP contribution is -2.53. The van der Waals surface area contributed by atoms with Crippen molar-refractivity contribution in [3.63, 3.8) is 0 Å². The predicted molar refractivity (Wildman–Crippen MR) is 93.9 cm³/mol. The Morgan fingerprint density at radius 2 is 2.00 bits per heavy atom. The van der Waals surface area contributed by atoms with E-state index in [4.69, 9.17) is 5.11 Å². The molecule has 5 nitrogen and oxygen atoms in total. The molecule has 0 heterocycles. The van der Waals surface area contributed by atoms with Gasteiger partial charge in [-0.05, 0) is 44.6 Å². The van der Waals surface area contributed by atoms with Gasteiger partial charge in [0.2, 0.25) is 0 Å². The highest BCUT2D eigenvalue weighted by Crippen LogP contribution is 2.22.